The van der Waals surface area contributed by atoms with Gasteiger partial charge in [-0.25, -0.2) is 0 Å². The zero-order valence-corrected chi connectivity index (χ0v) is 35.7. The Labute approximate surface area is 334 Å². The molecule has 0 spiro atoms. The minimum atomic E-state index is -0.865. The van der Waals surface area contributed by atoms with Gasteiger partial charge in [-0.05, 0) is 83.5 Å². The first kappa shape index (κ1) is 52.1. The Morgan fingerprint density at radius 3 is 1.31 bits per heavy atom. The summed E-state index contributed by atoms with van der Waals surface area (Å²) >= 11 is 0. The predicted molar refractivity (Wildman–Crippen MR) is 232 cm³/mol. The van der Waals surface area contributed by atoms with Crippen LogP contribution in [0.25, 0.3) is 0 Å². The fourth-order valence-electron chi connectivity index (χ4n) is 6.74. The number of nitrogens with one attached hydrogen (secondary N) is 1. The number of aliphatic hydroxyl groups excluding tert-OH is 2. The maximum atomic E-state index is 12.4. The van der Waals surface area contributed by atoms with Gasteiger partial charge < -0.3 is 20.3 Å². The Morgan fingerprint density at radius 1 is 0.500 bits per heavy atom. The molecule has 0 bridgehead atoms. The maximum absolute atomic E-state index is 12.4. The average Bonchev–Trinajstić information content (AvgIpc) is 3.17. The minimum Gasteiger partial charge on any atom is -0.466 e. The summed E-state index contributed by atoms with van der Waals surface area (Å²) in [6, 6.07) is -0.652. The first-order valence-corrected chi connectivity index (χ1v) is 23.3. The Balaban J connectivity index is 3.57. The molecule has 0 aromatic carbocycles. The van der Waals surface area contributed by atoms with Crippen LogP contribution in [0.4, 0.5) is 0 Å². The molecular weight excluding hydrogens is 671 g/mol. The second-order valence-electron chi connectivity index (χ2n) is 15.7. The summed E-state index contributed by atoms with van der Waals surface area (Å²) < 4.78 is 5.42. The van der Waals surface area contributed by atoms with Gasteiger partial charge in [0.25, 0.3) is 0 Å². The van der Waals surface area contributed by atoms with E-state index >= 15 is 0 Å². The van der Waals surface area contributed by atoms with Gasteiger partial charge in [-0.15, -0.1) is 0 Å². The summed E-state index contributed by atoms with van der Waals surface area (Å²) in [6.07, 6.45) is 51.4. The lowest BCUT2D eigenvalue weighted by molar-refractivity contribution is -0.143. The van der Waals surface area contributed by atoms with Crippen LogP contribution in [-0.2, 0) is 14.3 Å². The van der Waals surface area contributed by atoms with Gasteiger partial charge in [0, 0.05) is 12.8 Å². The second kappa shape index (κ2) is 43.8. The zero-order chi connectivity index (χ0) is 39.4. The molecule has 2 atom stereocenters. The van der Waals surface area contributed by atoms with Gasteiger partial charge in [0.15, 0.2) is 0 Å². The monoisotopic (exact) mass is 760 g/mol. The van der Waals surface area contributed by atoms with Crippen LogP contribution in [0.3, 0.4) is 0 Å². The summed E-state index contributed by atoms with van der Waals surface area (Å²) in [7, 11) is 0. The number of rotatable bonds is 42. The van der Waals surface area contributed by atoms with Crippen LogP contribution in [0, 0.1) is 0 Å². The van der Waals surface area contributed by atoms with Crippen molar-refractivity contribution in [3.05, 3.63) is 36.5 Å². The summed E-state index contributed by atoms with van der Waals surface area (Å²) in [5.41, 5.74) is 0. The molecule has 316 valence electrons. The number of esters is 1. The predicted octanol–water partition coefficient (Wildman–Crippen LogP) is 13.3. The molecule has 0 aliphatic heterocycles. The molecule has 0 heterocycles. The molecule has 2 unspecified atom stereocenters. The highest BCUT2D eigenvalue weighted by molar-refractivity contribution is 5.76. The van der Waals surface area contributed by atoms with E-state index < -0.39 is 12.1 Å². The van der Waals surface area contributed by atoms with Gasteiger partial charge in [0.05, 0.1) is 25.4 Å². The molecule has 6 heteroatoms. The SMILES string of the molecule is CCCCCCCCC/C=C\CCCCCCCC(=O)OCCCC/C=C\CCCCCCC(=O)NC(CO)C(O)/C=C/CCCCCCCCCCC. The van der Waals surface area contributed by atoms with E-state index in [0.717, 1.165) is 77.0 Å². The third kappa shape index (κ3) is 39.8. The number of carbonyl (C=O) groups is 2. The van der Waals surface area contributed by atoms with E-state index in [1.165, 1.54) is 128 Å². The molecule has 0 radical (unpaired) electrons. The molecule has 0 aliphatic carbocycles. The van der Waals surface area contributed by atoms with Gasteiger partial charge in [-0.1, -0.05) is 172 Å². The number of aliphatic hydroxyl groups is 2. The molecule has 0 fully saturated rings. The number of amides is 1. The second-order valence-corrected chi connectivity index (χ2v) is 15.7. The average molecular weight is 760 g/mol. The van der Waals surface area contributed by atoms with E-state index in [2.05, 4.69) is 43.5 Å². The first-order valence-electron chi connectivity index (χ1n) is 23.3. The Kier molecular flexibility index (Phi) is 42.2. The Morgan fingerprint density at radius 2 is 0.870 bits per heavy atom. The number of unbranched alkanes of at least 4 members (excludes halogenated alkanes) is 27. The molecule has 0 aromatic heterocycles. The van der Waals surface area contributed by atoms with Crippen LogP contribution in [0.15, 0.2) is 36.5 Å². The molecule has 3 N–H and O–H groups in total. The van der Waals surface area contributed by atoms with E-state index in [4.69, 9.17) is 4.74 Å². The van der Waals surface area contributed by atoms with Gasteiger partial charge in [0.1, 0.15) is 0 Å². The number of hydrogen-bond acceptors (Lipinski definition) is 5. The van der Waals surface area contributed by atoms with Crippen molar-refractivity contribution in [2.45, 2.75) is 244 Å². The molecule has 0 aromatic rings. The third-order valence-corrected chi connectivity index (χ3v) is 10.4. The van der Waals surface area contributed by atoms with Crippen LogP contribution in [0.5, 0.6) is 0 Å². The highest BCUT2D eigenvalue weighted by atomic mass is 16.5. The number of hydrogen-bond donors (Lipinski definition) is 3. The fraction of sp³-hybridized carbons (Fsp3) is 0.833. The maximum Gasteiger partial charge on any atom is 0.305 e. The lowest BCUT2D eigenvalue weighted by atomic mass is 10.1. The molecule has 0 saturated carbocycles. The van der Waals surface area contributed by atoms with Crippen LogP contribution in [0.2, 0.25) is 0 Å². The third-order valence-electron chi connectivity index (χ3n) is 10.4. The van der Waals surface area contributed by atoms with Crippen molar-refractivity contribution in [2.75, 3.05) is 13.2 Å². The van der Waals surface area contributed by atoms with Gasteiger partial charge in [-0.2, -0.15) is 0 Å². The zero-order valence-electron chi connectivity index (χ0n) is 35.7. The topological polar surface area (TPSA) is 95.9 Å². The number of carbonyl (C=O) groups excluding carboxylic acids is 2. The van der Waals surface area contributed by atoms with Crippen LogP contribution in [-0.4, -0.2) is 47.4 Å². The number of ether oxygens (including phenoxy) is 1. The van der Waals surface area contributed by atoms with Crippen LogP contribution in [0.1, 0.15) is 232 Å². The largest absolute Gasteiger partial charge is 0.466 e. The minimum absolute atomic E-state index is 0.0471. The van der Waals surface area contributed by atoms with Crippen molar-refractivity contribution in [1.82, 2.24) is 5.32 Å². The fourth-order valence-corrected chi connectivity index (χ4v) is 6.74. The van der Waals surface area contributed by atoms with E-state index in [9.17, 15) is 19.8 Å². The van der Waals surface area contributed by atoms with E-state index in [1.54, 1.807) is 6.08 Å². The lowest BCUT2D eigenvalue weighted by Crippen LogP contribution is -2.45. The number of allylic oxidation sites excluding steroid dienone is 5. The van der Waals surface area contributed by atoms with Gasteiger partial charge >= 0.3 is 5.97 Å². The summed E-state index contributed by atoms with van der Waals surface area (Å²) in [4.78, 5) is 24.4. The van der Waals surface area contributed by atoms with Crippen molar-refractivity contribution in [3.8, 4) is 0 Å². The van der Waals surface area contributed by atoms with Gasteiger partial charge in [0.2, 0.25) is 5.91 Å². The van der Waals surface area contributed by atoms with Crippen molar-refractivity contribution >= 4 is 11.9 Å². The quantitative estimate of drug-likeness (QED) is 0.0327. The van der Waals surface area contributed by atoms with Crippen molar-refractivity contribution in [1.29, 1.82) is 0 Å². The first-order chi connectivity index (χ1) is 26.5. The molecule has 54 heavy (non-hydrogen) atoms. The molecular formula is C48H89NO5. The normalized spacial score (nSPS) is 13.0. The Bertz CT molecular complexity index is 884. The lowest BCUT2D eigenvalue weighted by Gasteiger charge is -2.20. The molecule has 0 aliphatic rings. The van der Waals surface area contributed by atoms with E-state index in [-0.39, 0.29) is 18.5 Å². The van der Waals surface area contributed by atoms with Crippen LogP contribution >= 0.6 is 0 Å². The summed E-state index contributed by atoms with van der Waals surface area (Å²) in [6.45, 7) is 4.77. The summed E-state index contributed by atoms with van der Waals surface area (Å²) in [5.74, 6) is -0.154. The molecule has 0 rings (SSSR count). The summed E-state index contributed by atoms with van der Waals surface area (Å²) in [5, 5.41) is 22.9. The smallest absolute Gasteiger partial charge is 0.305 e. The highest BCUT2D eigenvalue weighted by Crippen LogP contribution is 2.13. The Hall–Kier alpha value is -1.92. The molecule has 6 nitrogen and oxygen atoms in total. The van der Waals surface area contributed by atoms with Crippen molar-refractivity contribution in [2.24, 2.45) is 0 Å². The highest BCUT2D eigenvalue weighted by Gasteiger charge is 2.18. The van der Waals surface area contributed by atoms with Gasteiger partial charge in [-0.3, -0.25) is 9.59 Å². The van der Waals surface area contributed by atoms with Crippen molar-refractivity contribution < 1.29 is 24.5 Å². The molecule has 1 amide bonds. The van der Waals surface area contributed by atoms with Crippen molar-refractivity contribution in [3.63, 3.8) is 0 Å². The van der Waals surface area contributed by atoms with E-state index in [1.807, 2.05) is 6.08 Å². The molecule has 0 saturated heterocycles. The van der Waals surface area contributed by atoms with E-state index in [0.29, 0.717) is 19.4 Å². The van der Waals surface area contributed by atoms with Crippen LogP contribution < -0.4 is 5.32 Å². The standard InChI is InChI=1S/C48H89NO5/c1-3-5-7-9-11-13-15-16-17-18-19-21-26-30-34-38-42-48(53)54-43-39-35-31-27-23-22-25-29-33-37-41-47(52)49-45(44-50)46(51)40-36-32-28-24-20-14-12-10-8-6-4-2/h17-18,23,27,36,40,45-46,50-51H,3-16,19-22,24-26,28-35,37-39,41-44H2,1-2H3,(H,49,52)/b18-17-,27-23-,40-36+.